The number of hydrogen-bond donors (Lipinski definition) is 2. The first-order valence-corrected chi connectivity index (χ1v) is 7.53. The van der Waals surface area contributed by atoms with Crippen molar-refractivity contribution in [1.29, 1.82) is 0 Å². The fraction of sp³-hybridized carbons (Fsp3) is 0.375. The van der Waals surface area contributed by atoms with Gasteiger partial charge in [0.15, 0.2) is 0 Å². The Morgan fingerprint density at radius 3 is 2.96 bits per heavy atom. The number of nitrogens with one attached hydrogen (secondary N) is 1. The van der Waals surface area contributed by atoms with E-state index >= 15 is 0 Å². The molecule has 2 unspecified atom stereocenters. The van der Waals surface area contributed by atoms with Crippen LogP contribution in [0, 0.1) is 6.92 Å². The lowest BCUT2D eigenvalue weighted by atomic mass is 10.2. The molecule has 0 spiro atoms. The molecular weight excluding hydrogens is 294 g/mol. The highest BCUT2D eigenvalue weighted by Gasteiger charge is 2.36. The second kappa shape index (κ2) is 6.70. The molecule has 0 bridgehead atoms. The molecule has 2 aromatic rings. The zero-order valence-electron chi connectivity index (χ0n) is 12.9. The minimum absolute atomic E-state index is 0.137. The summed E-state index contributed by atoms with van der Waals surface area (Å²) >= 11 is 0. The van der Waals surface area contributed by atoms with Gasteiger partial charge < -0.3 is 15.3 Å². The van der Waals surface area contributed by atoms with Gasteiger partial charge >= 0.3 is 0 Å². The number of hydrogen-bond acceptors (Lipinski definition) is 6. The summed E-state index contributed by atoms with van der Waals surface area (Å²) in [5.41, 5.74) is 1.88. The molecule has 0 aromatic carbocycles. The van der Waals surface area contributed by atoms with Gasteiger partial charge in [-0.2, -0.15) is 0 Å². The van der Waals surface area contributed by atoms with Gasteiger partial charge in [0.25, 0.3) is 0 Å². The van der Waals surface area contributed by atoms with Crippen LogP contribution in [0.1, 0.15) is 17.7 Å². The Morgan fingerprint density at radius 2 is 2.26 bits per heavy atom. The van der Waals surface area contributed by atoms with Crippen molar-refractivity contribution < 1.29 is 9.90 Å². The second-order valence-corrected chi connectivity index (χ2v) is 5.67. The van der Waals surface area contributed by atoms with E-state index in [-0.39, 0.29) is 5.91 Å². The molecule has 2 aromatic heterocycles. The highest BCUT2D eigenvalue weighted by Crippen LogP contribution is 2.23. The molecular formula is C16H19N5O2. The van der Waals surface area contributed by atoms with E-state index in [4.69, 9.17) is 0 Å². The third-order valence-electron chi connectivity index (χ3n) is 3.86. The van der Waals surface area contributed by atoms with Crippen molar-refractivity contribution in [3.8, 4) is 0 Å². The van der Waals surface area contributed by atoms with Gasteiger partial charge in [0.05, 0.1) is 18.3 Å². The minimum Gasteiger partial charge on any atom is -0.391 e. The standard InChI is InChI=1S/C16H19N5O2/c1-11-2-3-12(18-7-11)8-19-16(23)14-6-13(22)9-21(14)15-4-5-17-10-20-15/h2-5,7,10,13-14,22H,6,8-9H2,1H3,(H,19,23). The predicted molar refractivity (Wildman–Crippen MR) is 84.6 cm³/mol. The Kier molecular flexibility index (Phi) is 4.47. The molecule has 3 rings (SSSR count). The van der Waals surface area contributed by atoms with E-state index in [1.807, 2.05) is 24.0 Å². The molecule has 7 heteroatoms. The second-order valence-electron chi connectivity index (χ2n) is 5.67. The number of carbonyl (C=O) groups is 1. The molecule has 1 aliphatic rings. The van der Waals surface area contributed by atoms with Crippen LogP contribution < -0.4 is 10.2 Å². The molecule has 0 aliphatic carbocycles. The molecule has 1 amide bonds. The SMILES string of the molecule is Cc1ccc(CNC(=O)C2CC(O)CN2c2ccncn2)nc1. The summed E-state index contributed by atoms with van der Waals surface area (Å²) in [6, 6.07) is 5.15. The molecule has 0 saturated carbocycles. The van der Waals surface area contributed by atoms with Crippen LogP contribution in [0.25, 0.3) is 0 Å². The van der Waals surface area contributed by atoms with Crippen LogP contribution in [0.3, 0.4) is 0 Å². The van der Waals surface area contributed by atoms with Crippen molar-refractivity contribution in [2.24, 2.45) is 0 Å². The molecule has 3 heterocycles. The average Bonchev–Trinajstić information content (AvgIpc) is 2.97. The Hall–Kier alpha value is -2.54. The van der Waals surface area contributed by atoms with Gasteiger partial charge in [-0.25, -0.2) is 9.97 Å². The lowest BCUT2D eigenvalue weighted by Gasteiger charge is -2.24. The minimum atomic E-state index is -0.543. The maximum absolute atomic E-state index is 12.5. The van der Waals surface area contributed by atoms with Crippen LogP contribution in [0.2, 0.25) is 0 Å². The third kappa shape index (κ3) is 3.62. The van der Waals surface area contributed by atoms with Crippen LogP contribution in [-0.4, -0.2) is 44.7 Å². The predicted octanol–water partition coefficient (Wildman–Crippen LogP) is 0.436. The Balaban J connectivity index is 1.66. The average molecular weight is 313 g/mol. The number of aliphatic hydroxyl groups excluding tert-OH is 1. The highest BCUT2D eigenvalue weighted by molar-refractivity contribution is 5.85. The summed E-state index contributed by atoms with van der Waals surface area (Å²) < 4.78 is 0. The molecule has 23 heavy (non-hydrogen) atoms. The van der Waals surface area contributed by atoms with Crippen molar-refractivity contribution in [1.82, 2.24) is 20.3 Å². The zero-order chi connectivity index (χ0) is 16.2. The van der Waals surface area contributed by atoms with Crippen LogP contribution in [-0.2, 0) is 11.3 Å². The number of rotatable bonds is 4. The molecule has 1 aliphatic heterocycles. The number of aromatic nitrogens is 3. The van der Waals surface area contributed by atoms with Crippen molar-refractivity contribution in [3.63, 3.8) is 0 Å². The smallest absolute Gasteiger partial charge is 0.243 e. The molecule has 0 radical (unpaired) electrons. The van der Waals surface area contributed by atoms with Crippen molar-refractivity contribution >= 4 is 11.7 Å². The first-order chi connectivity index (χ1) is 11.1. The van der Waals surface area contributed by atoms with E-state index < -0.39 is 12.1 Å². The number of anilines is 1. The van der Waals surface area contributed by atoms with E-state index in [1.165, 1.54) is 6.33 Å². The summed E-state index contributed by atoms with van der Waals surface area (Å²) in [6.45, 7) is 2.72. The maximum Gasteiger partial charge on any atom is 0.243 e. The molecule has 2 N–H and O–H groups in total. The monoisotopic (exact) mass is 313 g/mol. The zero-order valence-corrected chi connectivity index (χ0v) is 12.9. The van der Waals surface area contributed by atoms with Gasteiger partial charge in [-0.05, 0) is 24.6 Å². The van der Waals surface area contributed by atoms with Crippen LogP contribution in [0.4, 0.5) is 5.82 Å². The van der Waals surface area contributed by atoms with E-state index in [0.29, 0.717) is 25.3 Å². The summed E-state index contributed by atoms with van der Waals surface area (Å²) in [4.78, 5) is 26.6. The number of β-amino-alcohol motifs (C(OH)–C–C–N with tert-alkyl or cyclic N) is 1. The number of pyridine rings is 1. The van der Waals surface area contributed by atoms with Gasteiger partial charge in [0.2, 0.25) is 5.91 Å². The van der Waals surface area contributed by atoms with Crippen LogP contribution in [0.15, 0.2) is 36.9 Å². The molecule has 2 atom stereocenters. The van der Waals surface area contributed by atoms with Crippen LogP contribution in [0.5, 0.6) is 0 Å². The largest absolute Gasteiger partial charge is 0.391 e. The number of carbonyl (C=O) groups excluding carboxylic acids is 1. The normalized spacial score (nSPS) is 20.5. The van der Waals surface area contributed by atoms with Crippen molar-refractivity contribution in [2.45, 2.75) is 32.0 Å². The lowest BCUT2D eigenvalue weighted by Crippen LogP contribution is -2.43. The summed E-state index contributed by atoms with van der Waals surface area (Å²) in [6.07, 6.45) is 4.67. The van der Waals surface area contributed by atoms with Crippen molar-refractivity contribution in [3.05, 3.63) is 48.2 Å². The van der Waals surface area contributed by atoms with E-state index in [1.54, 1.807) is 18.5 Å². The maximum atomic E-state index is 12.5. The summed E-state index contributed by atoms with van der Waals surface area (Å²) in [5, 5.41) is 12.8. The van der Waals surface area contributed by atoms with Crippen molar-refractivity contribution in [2.75, 3.05) is 11.4 Å². The fourth-order valence-corrected chi connectivity index (χ4v) is 2.67. The summed E-state index contributed by atoms with van der Waals surface area (Å²) in [7, 11) is 0. The number of amides is 1. The van der Waals surface area contributed by atoms with Gasteiger partial charge in [-0.3, -0.25) is 9.78 Å². The first kappa shape index (κ1) is 15.4. The Bertz CT molecular complexity index is 662. The highest BCUT2D eigenvalue weighted by atomic mass is 16.3. The topological polar surface area (TPSA) is 91.2 Å². The van der Waals surface area contributed by atoms with E-state index in [9.17, 15) is 9.90 Å². The molecule has 7 nitrogen and oxygen atoms in total. The third-order valence-corrected chi connectivity index (χ3v) is 3.86. The Morgan fingerprint density at radius 1 is 1.39 bits per heavy atom. The van der Waals surface area contributed by atoms with E-state index in [0.717, 1.165) is 11.3 Å². The number of aryl methyl sites for hydroxylation is 1. The lowest BCUT2D eigenvalue weighted by molar-refractivity contribution is -0.122. The number of aliphatic hydroxyl groups is 1. The molecule has 1 saturated heterocycles. The fourth-order valence-electron chi connectivity index (χ4n) is 2.67. The summed E-state index contributed by atoms with van der Waals surface area (Å²) in [5.74, 6) is 0.507. The van der Waals surface area contributed by atoms with Gasteiger partial charge in [0.1, 0.15) is 18.2 Å². The van der Waals surface area contributed by atoms with Gasteiger partial charge in [-0.15, -0.1) is 0 Å². The number of nitrogens with zero attached hydrogens (tertiary/aromatic N) is 4. The Labute approximate surface area is 134 Å². The van der Waals surface area contributed by atoms with Gasteiger partial charge in [0, 0.05) is 25.4 Å². The molecule has 1 fully saturated rings. The first-order valence-electron chi connectivity index (χ1n) is 7.53. The van der Waals surface area contributed by atoms with Gasteiger partial charge in [-0.1, -0.05) is 6.07 Å². The van der Waals surface area contributed by atoms with E-state index in [2.05, 4.69) is 20.3 Å². The molecule has 120 valence electrons. The quantitative estimate of drug-likeness (QED) is 0.851. The van der Waals surface area contributed by atoms with Crippen LogP contribution >= 0.6 is 0 Å².